The summed E-state index contributed by atoms with van der Waals surface area (Å²) in [6, 6.07) is 10.5. The van der Waals surface area contributed by atoms with Crippen molar-refractivity contribution >= 4 is 29.3 Å². The largest absolute Gasteiger partial charge is 0.455 e. The van der Waals surface area contributed by atoms with E-state index < -0.39 is 35.4 Å². The van der Waals surface area contributed by atoms with Gasteiger partial charge in [-0.1, -0.05) is 29.8 Å². The van der Waals surface area contributed by atoms with Crippen molar-refractivity contribution in [2.45, 2.75) is 32.9 Å². The zero-order chi connectivity index (χ0) is 27.8. The van der Waals surface area contributed by atoms with Crippen LogP contribution in [0.25, 0.3) is 11.3 Å². The molecule has 1 atom stereocenters. The van der Waals surface area contributed by atoms with Gasteiger partial charge in [-0.2, -0.15) is 5.10 Å². The zero-order valence-corrected chi connectivity index (χ0v) is 21.8. The lowest BCUT2D eigenvalue weighted by Gasteiger charge is -2.23. The second kappa shape index (κ2) is 10.5. The summed E-state index contributed by atoms with van der Waals surface area (Å²) in [7, 11) is 0. The smallest absolute Gasteiger partial charge is 0.287 e. The highest BCUT2D eigenvalue weighted by Crippen LogP contribution is 2.32. The third-order valence-electron chi connectivity index (χ3n) is 6.57. The fourth-order valence-electron chi connectivity index (χ4n) is 4.69. The van der Waals surface area contributed by atoms with Gasteiger partial charge < -0.3 is 9.73 Å². The molecule has 0 unspecified atom stereocenters. The lowest BCUT2D eigenvalue weighted by atomic mass is 10.0. The number of imide groups is 1. The number of halogens is 3. The molecule has 11 heteroatoms. The van der Waals surface area contributed by atoms with Crippen molar-refractivity contribution < 1.29 is 27.6 Å². The fraction of sp³-hybridized carbons (Fsp3) is 0.214. The molecular formula is C28H23ClF2N4O4. The molecule has 4 aromatic rings. The maximum Gasteiger partial charge on any atom is 0.287 e. The molecule has 0 saturated carbocycles. The van der Waals surface area contributed by atoms with Gasteiger partial charge in [0.05, 0.1) is 34.1 Å². The molecule has 3 heterocycles. The van der Waals surface area contributed by atoms with E-state index in [1.807, 2.05) is 6.92 Å². The summed E-state index contributed by atoms with van der Waals surface area (Å²) in [4.78, 5) is 40.3. The van der Waals surface area contributed by atoms with Crippen LogP contribution in [0.5, 0.6) is 0 Å². The SMILES string of the molecule is CCn1ncc(Cl)c1-c1cc(C(=O)N[C@@H](Cc2ccc(F)c(F)c2)CN2C(=O)c3ccccc3C2=O)oc1C. The van der Waals surface area contributed by atoms with Crippen LogP contribution in [0, 0.1) is 18.6 Å². The van der Waals surface area contributed by atoms with Crippen LogP contribution in [-0.2, 0) is 13.0 Å². The number of hydrogen-bond donors (Lipinski definition) is 1. The van der Waals surface area contributed by atoms with Crippen LogP contribution in [0.3, 0.4) is 0 Å². The van der Waals surface area contributed by atoms with Crippen molar-refractivity contribution in [3.05, 3.63) is 99.6 Å². The Hall–Kier alpha value is -4.31. The topological polar surface area (TPSA) is 97.4 Å². The van der Waals surface area contributed by atoms with Crippen LogP contribution < -0.4 is 5.32 Å². The number of amides is 3. The molecule has 0 radical (unpaired) electrons. The summed E-state index contributed by atoms with van der Waals surface area (Å²) >= 11 is 6.33. The van der Waals surface area contributed by atoms with Crippen LogP contribution in [0.1, 0.15) is 49.5 Å². The molecule has 0 saturated heterocycles. The van der Waals surface area contributed by atoms with Gasteiger partial charge in [0, 0.05) is 18.7 Å². The molecule has 2 aromatic carbocycles. The summed E-state index contributed by atoms with van der Waals surface area (Å²) in [6.07, 6.45) is 1.52. The van der Waals surface area contributed by atoms with E-state index >= 15 is 0 Å². The number of benzene rings is 2. The van der Waals surface area contributed by atoms with Crippen LogP contribution in [0.2, 0.25) is 5.02 Å². The zero-order valence-electron chi connectivity index (χ0n) is 21.0. The summed E-state index contributed by atoms with van der Waals surface area (Å²) in [6.45, 7) is 3.94. The van der Waals surface area contributed by atoms with Gasteiger partial charge in [0.15, 0.2) is 17.4 Å². The number of aromatic nitrogens is 2. The lowest BCUT2D eigenvalue weighted by molar-refractivity contribution is 0.0627. The Balaban J connectivity index is 1.43. The van der Waals surface area contributed by atoms with Gasteiger partial charge in [-0.25, -0.2) is 8.78 Å². The number of furan rings is 1. The van der Waals surface area contributed by atoms with Gasteiger partial charge in [-0.05, 0) is 56.2 Å². The molecule has 200 valence electrons. The minimum atomic E-state index is -1.05. The number of carbonyl (C=O) groups excluding carboxylic acids is 3. The number of nitrogens with one attached hydrogen (secondary N) is 1. The van der Waals surface area contributed by atoms with Crippen molar-refractivity contribution in [2.75, 3.05) is 6.54 Å². The molecule has 0 bridgehead atoms. The minimum absolute atomic E-state index is 0.0112. The molecule has 0 aliphatic carbocycles. The van der Waals surface area contributed by atoms with Crippen molar-refractivity contribution in [1.82, 2.24) is 20.0 Å². The van der Waals surface area contributed by atoms with Gasteiger partial charge in [-0.3, -0.25) is 24.0 Å². The van der Waals surface area contributed by atoms with Gasteiger partial charge in [-0.15, -0.1) is 0 Å². The standard InChI is InChI=1S/C28H23ClF2N4O4/c1-3-35-25(21(29)13-32-35)20-12-24(39-15(20)2)26(36)33-17(10-16-8-9-22(30)23(31)11-16)14-34-27(37)18-6-4-5-7-19(18)28(34)38/h4-9,11-13,17H,3,10,14H2,1-2H3,(H,33,36)/t17-/m0/s1. The Labute approximate surface area is 227 Å². The highest BCUT2D eigenvalue weighted by atomic mass is 35.5. The third kappa shape index (κ3) is 4.95. The average Bonchev–Trinajstić information content (AvgIpc) is 3.56. The van der Waals surface area contributed by atoms with E-state index in [0.29, 0.717) is 34.1 Å². The maximum atomic E-state index is 13.9. The molecular weight excluding hydrogens is 530 g/mol. The minimum Gasteiger partial charge on any atom is -0.455 e. The highest BCUT2D eigenvalue weighted by Gasteiger charge is 2.37. The second-order valence-corrected chi connectivity index (χ2v) is 9.53. The number of fused-ring (bicyclic) bond motifs is 1. The molecule has 0 spiro atoms. The number of nitrogens with zero attached hydrogens (tertiary/aromatic N) is 3. The van der Waals surface area contributed by atoms with E-state index in [4.69, 9.17) is 16.0 Å². The number of aryl methyl sites for hydroxylation is 2. The molecule has 2 aromatic heterocycles. The van der Waals surface area contributed by atoms with Crippen LogP contribution in [-0.4, -0.2) is 45.0 Å². The van der Waals surface area contributed by atoms with Crippen molar-refractivity contribution in [2.24, 2.45) is 0 Å². The van der Waals surface area contributed by atoms with E-state index in [2.05, 4.69) is 10.4 Å². The molecule has 39 heavy (non-hydrogen) atoms. The number of hydrogen-bond acceptors (Lipinski definition) is 5. The molecule has 1 aliphatic rings. The predicted molar refractivity (Wildman–Crippen MR) is 138 cm³/mol. The third-order valence-corrected chi connectivity index (χ3v) is 6.85. The van der Waals surface area contributed by atoms with Gasteiger partial charge in [0.25, 0.3) is 17.7 Å². The first-order chi connectivity index (χ1) is 18.7. The Bertz CT molecular complexity index is 1580. The first-order valence-electron chi connectivity index (χ1n) is 12.2. The Morgan fingerprint density at radius 1 is 1.05 bits per heavy atom. The van der Waals surface area contributed by atoms with E-state index in [0.717, 1.165) is 17.0 Å². The molecule has 5 rings (SSSR count). The normalized spacial score (nSPS) is 13.6. The first kappa shape index (κ1) is 26.3. The van der Waals surface area contributed by atoms with Crippen molar-refractivity contribution in [3.8, 4) is 11.3 Å². The van der Waals surface area contributed by atoms with Gasteiger partial charge >= 0.3 is 0 Å². The summed E-state index contributed by atoms with van der Waals surface area (Å²) in [5.41, 5.74) is 2.07. The van der Waals surface area contributed by atoms with E-state index in [1.165, 1.54) is 18.3 Å². The van der Waals surface area contributed by atoms with Gasteiger partial charge in [0.2, 0.25) is 0 Å². The van der Waals surface area contributed by atoms with Gasteiger partial charge in [0.1, 0.15) is 5.76 Å². The second-order valence-electron chi connectivity index (χ2n) is 9.13. The quantitative estimate of drug-likeness (QED) is 0.309. The van der Waals surface area contributed by atoms with Crippen molar-refractivity contribution in [3.63, 3.8) is 0 Å². The van der Waals surface area contributed by atoms with E-state index in [-0.39, 0.29) is 29.9 Å². The van der Waals surface area contributed by atoms with Crippen LogP contribution in [0.15, 0.2) is 59.1 Å². The molecule has 3 amide bonds. The Kier molecular flexibility index (Phi) is 7.05. The van der Waals surface area contributed by atoms with Crippen LogP contribution in [0.4, 0.5) is 8.78 Å². The molecule has 1 aliphatic heterocycles. The lowest BCUT2D eigenvalue weighted by Crippen LogP contribution is -2.46. The number of rotatable bonds is 8. The number of carbonyl (C=O) groups is 3. The van der Waals surface area contributed by atoms with E-state index in [9.17, 15) is 23.2 Å². The monoisotopic (exact) mass is 552 g/mol. The maximum absolute atomic E-state index is 13.9. The predicted octanol–water partition coefficient (Wildman–Crippen LogP) is 5.04. The molecule has 0 fully saturated rings. The van der Waals surface area contributed by atoms with Crippen molar-refractivity contribution in [1.29, 1.82) is 0 Å². The molecule has 8 nitrogen and oxygen atoms in total. The fourth-order valence-corrected chi connectivity index (χ4v) is 4.94. The highest BCUT2D eigenvalue weighted by molar-refractivity contribution is 6.33. The average molecular weight is 553 g/mol. The summed E-state index contributed by atoms with van der Waals surface area (Å²) < 4.78 is 34.9. The van der Waals surface area contributed by atoms with Crippen LogP contribution >= 0.6 is 11.6 Å². The summed E-state index contributed by atoms with van der Waals surface area (Å²) in [5, 5.41) is 7.41. The molecule has 1 N–H and O–H groups in total. The first-order valence-corrected chi connectivity index (χ1v) is 12.6. The summed E-state index contributed by atoms with van der Waals surface area (Å²) in [5.74, 6) is -3.27. The Morgan fingerprint density at radius 3 is 2.38 bits per heavy atom. The van der Waals surface area contributed by atoms with E-state index in [1.54, 1.807) is 35.9 Å². The Morgan fingerprint density at radius 2 is 1.74 bits per heavy atom.